The molecular weight excluding hydrogens is 407 g/mol. The van der Waals surface area contributed by atoms with Gasteiger partial charge in [0.25, 0.3) is 0 Å². The molecule has 0 N–H and O–H groups in total. The summed E-state index contributed by atoms with van der Waals surface area (Å²) in [4.78, 5) is 0. The lowest BCUT2D eigenvalue weighted by Crippen LogP contribution is -2.16. The van der Waals surface area contributed by atoms with Crippen LogP contribution in [0.5, 0.6) is 5.75 Å². The zero-order valence-corrected chi connectivity index (χ0v) is 20.6. The fourth-order valence-electron chi connectivity index (χ4n) is 5.90. The number of aryl methyl sites for hydroxylation is 1. The van der Waals surface area contributed by atoms with E-state index in [-0.39, 0.29) is 11.7 Å². The molecule has 2 aliphatic rings. The van der Waals surface area contributed by atoms with Crippen LogP contribution in [0.25, 0.3) is 0 Å². The van der Waals surface area contributed by atoms with Gasteiger partial charge in [-0.15, -0.1) is 0 Å². The number of ether oxygens (including phenoxy) is 1. The number of unbranched alkanes of at least 4 members (excludes halogenated alkanes) is 1. The molecule has 2 aromatic carbocycles. The highest BCUT2D eigenvalue weighted by molar-refractivity contribution is 5.40. The van der Waals surface area contributed by atoms with Crippen molar-refractivity contribution in [1.29, 1.82) is 0 Å². The molecule has 0 aromatic heterocycles. The topological polar surface area (TPSA) is 9.23 Å². The van der Waals surface area contributed by atoms with Crippen molar-refractivity contribution in [2.24, 2.45) is 5.92 Å². The summed E-state index contributed by atoms with van der Waals surface area (Å²) in [5.41, 5.74) is 4.85. The van der Waals surface area contributed by atoms with E-state index >= 15 is 4.39 Å². The first kappa shape index (κ1) is 24.0. The zero-order chi connectivity index (χ0) is 23.0. The quantitative estimate of drug-likeness (QED) is 0.275. The Morgan fingerprint density at radius 2 is 1.82 bits per heavy atom. The van der Waals surface area contributed by atoms with Crippen LogP contribution in [0.1, 0.15) is 106 Å². The van der Waals surface area contributed by atoms with Gasteiger partial charge in [-0.1, -0.05) is 56.5 Å². The highest BCUT2D eigenvalue weighted by Crippen LogP contribution is 2.40. The number of benzene rings is 2. The summed E-state index contributed by atoms with van der Waals surface area (Å²) < 4.78 is 21.1. The van der Waals surface area contributed by atoms with E-state index in [1.807, 2.05) is 13.0 Å². The summed E-state index contributed by atoms with van der Waals surface area (Å²) in [6.07, 6.45) is 17.2. The molecule has 4 rings (SSSR count). The van der Waals surface area contributed by atoms with Gasteiger partial charge in [0.05, 0.1) is 6.61 Å². The molecule has 1 fully saturated rings. The summed E-state index contributed by atoms with van der Waals surface area (Å²) in [5.74, 6) is 2.68. The van der Waals surface area contributed by atoms with Crippen molar-refractivity contribution in [2.45, 2.75) is 96.3 Å². The van der Waals surface area contributed by atoms with E-state index in [9.17, 15) is 0 Å². The Bertz CT molecular complexity index is 923. The number of rotatable bonds is 9. The predicted octanol–water partition coefficient (Wildman–Crippen LogP) is 8.91. The minimum absolute atomic E-state index is 0.0120. The Labute approximate surface area is 200 Å². The average Bonchev–Trinajstić information content (AvgIpc) is 2.85. The predicted molar refractivity (Wildman–Crippen MR) is 137 cm³/mol. The number of halogens is 1. The fraction of sp³-hybridized carbons (Fsp3) is 0.548. The molecule has 0 aliphatic heterocycles. The molecule has 0 bridgehead atoms. The first-order valence-electron chi connectivity index (χ1n) is 13.3. The molecular formula is C31H41FO. The second-order valence-electron chi connectivity index (χ2n) is 10.2. The molecule has 2 heteroatoms. The van der Waals surface area contributed by atoms with Crippen LogP contribution in [0.15, 0.2) is 48.6 Å². The molecule has 0 spiro atoms. The second kappa shape index (κ2) is 11.9. The lowest BCUT2D eigenvalue weighted by Gasteiger charge is -2.30. The molecule has 0 amide bonds. The molecule has 2 aliphatic carbocycles. The molecule has 1 unspecified atom stereocenters. The third-order valence-electron chi connectivity index (χ3n) is 7.94. The fourth-order valence-corrected chi connectivity index (χ4v) is 5.90. The number of allylic oxidation sites excluding steroid dienone is 1. The van der Waals surface area contributed by atoms with E-state index in [0.29, 0.717) is 12.5 Å². The van der Waals surface area contributed by atoms with Crippen LogP contribution in [0.3, 0.4) is 0 Å². The van der Waals surface area contributed by atoms with Gasteiger partial charge in [0.15, 0.2) is 0 Å². The maximum Gasteiger partial charge on any atom is 0.126 e. The van der Waals surface area contributed by atoms with Gasteiger partial charge >= 0.3 is 0 Å². The van der Waals surface area contributed by atoms with E-state index in [4.69, 9.17) is 4.74 Å². The van der Waals surface area contributed by atoms with Crippen LogP contribution >= 0.6 is 0 Å². The Hall–Kier alpha value is -2.09. The molecule has 33 heavy (non-hydrogen) atoms. The minimum Gasteiger partial charge on any atom is -0.493 e. The first-order valence-corrected chi connectivity index (χ1v) is 13.3. The van der Waals surface area contributed by atoms with E-state index < -0.39 is 0 Å². The highest BCUT2D eigenvalue weighted by atomic mass is 19.1. The van der Waals surface area contributed by atoms with Crippen molar-refractivity contribution >= 4 is 0 Å². The zero-order valence-electron chi connectivity index (χ0n) is 20.6. The van der Waals surface area contributed by atoms with Crippen LogP contribution in [0.2, 0.25) is 0 Å². The molecule has 0 heterocycles. The normalized spacial score (nSPS) is 22.9. The van der Waals surface area contributed by atoms with Crippen molar-refractivity contribution in [3.63, 3.8) is 0 Å². The lowest BCUT2D eigenvalue weighted by atomic mass is 9.76. The average molecular weight is 449 g/mol. The molecule has 1 saturated carbocycles. The highest BCUT2D eigenvalue weighted by Gasteiger charge is 2.26. The molecule has 2 aromatic rings. The van der Waals surface area contributed by atoms with E-state index in [1.54, 1.807) is 0 Å². The summed E-state index contributed by atoms with van der Waals surface area (Å²) in [7, 11) is 0. The van der Waals surface area contributed by atoms with Crippen LogP contribution in [-0.4, -0.2) is 6.61 Å². The van der Waals surface area contributed by atoms with Gasteiger partial charge < -0.3 is 4.74 Å². The van der Waals surface area contributed by atoms with Crippen LogP contribution in [0.4, 0.5) is 4.39 Å². The summed E-state index contributed by atoms with van der Waals surface area (Å²) in [6.45, 7) is 5.02. The van der Waals surface area contributed by atoms with Crippen molar-refractivity contribution in [3.05, 3.63) is 76.6 Å². The number of hydrogen-bond acceptors (Lipinski definition) is 1. The number of fused-ring (bicyclic) bond motifs is 1. The summed E-state index contributed by atoms with van der Waals surface area (Å²) >= 11 is 0. The monoisotopic (exact) mass is 448 g/mol. The van der Waals surface area contributed by atoms with Crippen LogP contribution in [-0.2, 0) is 12.8 Å². The van der Waals surface area contributed by atoms with Gasteiger partial charge in [-0.05, 0) is 116 Å². The third kappa shape index (κ3) is 6.28. The molecule has 178 valence electrons. The molecule has 0 saturated heterocycles. The van der Waals surface area contributed by atoms with E-state index in [0.717, 1.165) is 42.9 Å². The number of hydrogen-bond donors (Lipinski definition) is 0. The maximum absolute atomic E-state index is 15.2. The smallest absolute Gasteiger partial charge is 0.126 e. The van der Waals surface area contributed by atoms with Gasteiger partial charge in [-0.3, -0.25) is 0 Å². The van der Waals surface area contributed by atoms with Crippen molar-refractivity contribution in [2.75, 3.05) is 6.61 Å². The van der Waals surface area contributed by atoms with Gasteiger partial charge in [-0.2, -0.15) is 0 Å². The first-order chi connectivity index (χ1) is 16.2. The van der Waals surface area contributed by atoms with Gasteiger partial charge in [-0.25, -0.2) is 4.39 Å². The SMILES string of the molecule is CC=CCCOc1ccc2c(c1)CCC(c1ccc(C3CCC(CCCC)CC3)cc1F)C2. The van der Waals surface area contributed by atoms with Crippen LogP contribution in [0, 0.1) is 11.7 Å². The Kier molecular flexibility index (Phi) is 8.64. The van der Waals surface area contributed by atoms with E-state index in [2.05, 4.69) is 49.4 Å². The van der Waals surface area contributed by atoms with Crippen LogP contribution < -0.4 is 4.74 Å². The standard InChI is InChI=1S/C31H41FO/c1-3-5-7-19-33-29-17-15-25-20-28(14-13-26(25)21-29)30-18-16-27(22-31(30)32)24-11-9-23(10-12-24)8-6-4-2/h3,5,15-18,21-24,28H,4,6-14,19-20H2,1-2H3. The Morgan fingerprint density at radius 3 is 2.58 bits per heavy atom. The van der Waals surface area contributed by atoms with E-state index in [1.165, 1.54) is 61.6 Å². The van der Waals surface area contributed by atoms with Gasteiger partial charge in [0, 0.05) is 0 Å². The Morgan fingerprint density at radius 1 is 0.970 bits per heavy atom. The maximum atomic E-state index is 15.2. The Balaban J connectivity index is 1.36. The van der Waals surface area contributed by atoms with Crippen molar-refractivity contribution < 1.29 is 9.13 Å². The minimum atomic E-state index is 0.0120. The van der Waals surface area contributed by atoms with Crippen molar-refractivity contribution in [1.82, 2.24) is 0 Å². The van der Waals surface area contributed by atoms with Crippen molar-refractivity contribution in [3.8, 4) is 5.75 Å². The molecule has 1 atom stereocenters. The lowest BCUT2D eigenvalue weighted by molar-refractivity contribution is 0.304. The molecule has 0 radical (unpaired) electrons. The molecule has 1 nitrogen and oxygen atoms in total. The second-order valence-corrected chi connectivity index (χ2v) is 10.2. The third-order valence-corrected chi connectivity index (χ3v) is 7.94. The summed E-state index contributed by atoms with van der Waals surface area (Å²) in [6, 6.07) is 12.7. The van der Waals surface area contributed by atoms with Gasteiger partial charge in [0.2, 0.25) is 0 Å². The summed E-state index contributed by atoms with van der Waals surface area (Å²) in [5, 5.41) is 0. The van der Waals surface area contributed by atoms with Gasteiger partial charge in [0.1, 0.15) is 11.6 Å². The largest absolute Gasteiger partial charge is 0.493 e.